The van der Waals surface area contributed by atoms with E-state index in [9.17, 15) is 4.79 Å². The van der Waals surface area contributed by atoms with Crippen LogP contribution in [0.15, 0.2) is 4.42 Å². The Labute approximate surface area is 118 Å². The Morgan fingerprint density at radius 1 is 1.10 bits per heavy atom. The Bertz CT molecular complexity index is 497. The first-order valence-electron chi connectivity index (χ1n) is 7.81. The number of carbonyl (C=O) groups is 1. The van der Waals surface area contributed by atoms with Crippen LogP contribution in [0, 0.1) is 29.6 Å². The molecular weight excluding hydrogens is 254 g/mol. The van der Waals surface area contributed by atoms with E-state index >= 15 is 0 Å². The summed E-state index contributed by atoms with van der Waals surface area (Å²) in [5, 5.41) is 7.87. The average Bonchev–Trinajstić information content (AvgIpc) is 2.86. The number of nitrogens with zero attached hydrogens (tertiary/aromatic N) is 2. The summed E-state index contributed by atoms with van der Waals surface area (Å²) >= 11 is 0. The highest BCUT2D eigenvalue weighted by Crippen LogP contribution is 2.57. The van der Waals surface area contributed by atoms with Crippen molar-refractivity contribution >= 4 is 5.78 Å². The molecule has 108 valence electrons. The molecule has 0 aliphatic heterocycles. The lowest BCUT2D eigenvalue weighted by atomic mass is 9.51. The van der Waals surface area contributed by atoms with Gasteiger partial charge in [-0.1, -0.05) is 0 Å². The molecule has 1 aromatic rings. The van der Waals surface area contributed by atoms with Gasteiger partial charge in [0.1, 0.15) is 0 Å². The van der Waals surface area contributed by atoms with Gasteiger partial charge in [0.2, 0.25) is 11.7 Å². The highest BCUT2D eigenvalue weighted by molar-refractivity contribution is 5.94. The molecule has 0 spiro atoms. The minimum atomic E-state index is 0.0922. The van der Waals surface area contributed by atoms with Gasteiger partial charge in [-0.05, 0) is 55.8 Å². The Hall–Kier alpha value is -1.23. The number of hydrogen-bond donors (Lipinski definition) is 1. The lowest BCUT2D eigenvalue weighted by Crippen LogP contribution is -2.48. The fraction of sp³-hybridized carbons (Fsp3) is 0.800. The van der Waals surface area contributed by atoms with Crippen LogP contribution in [0.1, 0.15) is 48.7 Å². The molecule has 0 amide bonds. The standard InChI is InChI=1S/C15H21N3O2/c16-2-1-12-17-18-15(20-12)14(19)13-10-4-8-3-9(6-10)7-11(13)5-8/h8-11,13H,1-7,16H2. The number of nitrogens with two attached hydrogens (primary N) is 1. The van der Waals surface area contributed by atoms with Crippen molar-refractivity contribution in [1.29, 1.82) is 0 Å². The normalized spacial score (nSPS) is 38.4. The van der Waals surface area contributed by atoms with Crippen LogP contribution in [0.5, 0.6) is 0 Å². The van der Waals surface area contributed by atoms with E-state index in [1.165, 1.54) is 32.1 Å². The molecule has 0 radical (unpaired) electrons. The van der Waals surface area contributed by atoms with Crippen molar-refractivity contribution in [3.05, 3.63) is 11.8 Å². The van der Waals surface area contributed by atoms with Gasteiger partial charge in [0.25, 0.3) is 5.89 Å². The maximum absolute atomic E-state index is 12.7. The number of rotatable bonds is 4. The Morgan fingerprint density at radius 2 is 1.75 bits per heavy atom. The summed E-state index contributed by atoms with van der Waals surface area (Å²) in [4.78, 5) is 12.7. The summed E-state index contributed by atoms with van der Waals surface area (Å²) in [5.74, 6) is 3.79. The van der Waals surface area contributed by atoms with E-state index in [1.54, 1.807) is 0 Å². The van der Waals surface area contributed by atoms with Crippen molar-refractivity contribution in [3.63, 3.8) is 0 Å². The van der Waals surface area contributed by atoms with Gasteiger partial charge in [-0.2, -0.15) is 0 Å². The first-order chi connectivity index (χ1) is 9.74. The van der Waals surface area contributed by atoms with Crippen LogP contribution < -0.4 is 5.73 Å². The summed E-state index contributed by atoms with van der Waals surface area (Å²) in [7, 11) is 0. The summed E-state index contributed by atoms with van der Waals surface area (Å²) < 4.78 is 5.49. The van der Waals surface area contributed by atoms with Gasteiger partial charge >= 0.3 is 0 Å². The van der Waals surface area contributed by atoms with Crippen LogP contribution in [0.4, 0.5) is 0 Å². The summed E-state index contributed by atoms with van der Waals surface area (Å²) in [6.45, 7) is 0.466. The van der Waals surface area contributed by atoms with Crippen LogP contribution in [0.25, 0.3) is 0 Å². The molecule has 5 nitrogen and oxygen atoms in total. The fourth-order valence-corrected chi connectivity index (χ4v) is 5.07. The summed E-state index contributed by atoms with van der Waals surface area (Å²) in [6.07, 6.45) is 6.86. The van der Waals surface area contributed by atoms with Gasteiger partial charge < -0.3 is 10.2 Å². The minimum Gasteiger partial charge on any atom is -0.418 e. The van der Waals surface area contributed by atoms with Crippen molar-refractivity contribution in [2.75, 3.05) is 6.54 Å². The van der Waals surface area contributed by atoms with E-state index < -0.39 is 0 Å². The Morgan fingerprint density at radius 3 is 2.35 bits per heavy atom. The van der Waals surface area contributed by atoms with E-state index in [0.717, 1.165) is 11.8 Å². The third-order valence-corrected chi connectivity index (χ3v) is 5.57. The summed E-state index contributed by atoms with van der Waals surface area (Å²) in [5.41, 5.74) is 5.47. The lowest BCUT2D eigenvalue weighted by molar-refractivity contribution is -0.0264. The number of aromatic nitrogens is 2. The molecule has 5 rings (SSSR count). The van der Waals surface area contributed by atoms with Gasteiger partial charge in [-0.3, -0.25) is 4.79 Å². The molecule has 0 saturated heterocycles. The zero-order valence-electron chi connectivity index (χ0n) is 11.6. The van der Waals surface area contributed by atoms with Crippen molar-refractivity contribution in [2.45, 2.75) is 38.5 Å². The predicted molar refractivity (Wildman–Crippen MR) is 71.9 cm³/mol. The second-order valence-electron chi connectivity index (χ2n) is 6.86. The molecule has 0 aromatic carbocycles. The van der Waals surface area contributed by atoms with Gasteiger partial charge in [0, 0.05) is 18.9 Å². The molecule has 20 heavy (non-hydrogen) atoms. The number of carbonyl (C=O) groups excluding carboxylic acids is 1. The number of Topliss-reactive ketones (excluding diaryl/α,β-unsaturated/α-hetero) is 1. The SMILES string of the molecule is NCCc1nnc(C(=O)C2C3CC4CC(C3)CC2C4)o1. The third kappa shape index (κ3) is 1.91. The van der Waals surface area contributed by atoms with E-state index in [-0.39, 0.29) is 17.6 Å². The van der Waals surface area contributed by atoms with Crippen molar-refractivity contribution in [3.8, 4) is 0 Å². The van der Waals surface area contributed by atoms with Crippen LogP contribution in [0.3, 0.4) is 0 Å². The topological polar surface area (TPSA) is 82.0 Å². The molecule has 4 bridgehead atoms. The van der Waals surface area contributed by atoms with Gasteiger partial charge in [-0.15, -0.1) is 10.2 Å². The highest BCUT2D eigenvalue weighted by Gasteiger charge is 2.51. The lowest BCUT2D eigenvalue weighted by Gasteiger charge is -2.53. The largest absolute Gasteiger partial charge is 0.418 e. The van der Waals surface area contributed by atoms with Crippen molar-refractivity contribution in [1.82, 2.24) is 10.2 Å². The zero-order valence-corrected chi connectivity index (χ0v) is 11.6. The van der Waals surface area contributed by atoms with Crippen molar-refractivity contribution < 1.29 is 9.21 Å². The Balaban J connectivity index is 1.56. The maximum atomic E-state index is 12.7. The molecule has 0 atom stereocenters. The van der Waals surface area contributed by atoms with Gasteiger partial charge in [0.05, 0.1) is 0 Å². The van der Waals surface area contributed by atoms with E-state index in [4.69, 9.17) is 10.2 Å². The molecule has 1 heterocycles. The zero-order chi connectivity index (χ0) is 13.7. The molecule has 1 aromatic heterocycles. The molecular formula is C15H21N3O2. The predicted octanol–water partition coefficient (Wildman–Crippen LogP) is 1.83. The third-order valence-electron chi connectivity index (χ3n) is 5.57. The second-order valence-corrected chi connectivity index (χ2v) is 6.86. The molecule has 0 unspecified atom stereocenters. The maximum Gasteiger partial charge on any atom is 0.284 e. The van der Waals surface area contributed by atoms with E-state index in [0.29, 0.717) is 30.7 Å². The first kappa shape index (κ1) is 12.5. The van der Waals surface area contributed by atoms with Crippen LogP contribution >= 0.6 is 0 Å². The molecule has 5 heteroatoms. The fourth-order valence-electron chi connectivity index (χ4n) is 5.07. The first-order valence-corrected chi connectivity index (χ1v) is 7.81. The average molecular weight is 275 g/mol. The number of ketones is 1. The van der Waals surface area contributed by atoms with E-state index in [2.05, 4.69) is 10.2 Å². The summed E-state index contributed by atoms with van der Waals surface area (Å²) in [6, 6.07) is 0. The number of hydrogen-bond acceptors (Lipinski definition) is 5. The highest BCUT2D eigenvalue weighted by atomic mass is 16.4. The molecule has 4 aliphatic carbocycles. The van der Waals surface area contributed by atoms with E-state index in [1.807, 2.05) is 0 Å². The van der Waals surface area contributed by atoms with Crippen molar-refractivity contribution in [2.24, 2.45) is 35.3 Å². The second kappa shape index (κ2) is 4.65. The monoisotopic (exact) mass is 275 g/mol. The minimum absolute atomic E-state index is 0.0922. The van der Waals surface area contributed by atoms with Crippen LogP contribution in [-0.4, -0.2) is 22.5 Å². The molecule has 4 aliphatic rings. The molecule has 4 fully saturated rings. The van der Waals surface area contributed by atoms with Gasteiger partial charge in [0.15, 0.2) is 0 Å². The Kier molecular flexibility index (Phi) is 2.91. The smallest absolute Gasteiger partial charge is 0.284 e. The van der Waals surface area contributed by atoms with Gasteiger partial charge in [-0.25, -0.2) is 0 Å². The van der Waals surface area contributed by atoms with Crippen LogP contribution in [0.2, 0.25) is 0 Å². The molecule has 2 N–H and O–H groups in total. The van der Waals surface area contributed by atoms with Crippen LogP contribution in [-0.2, 0) is 6.42 Å². The molecule has 4 saturated carbocycles. The quantitative estimate of drug-likeness (QED) is 0.848.